The summed E-state index contributed by atoms with van der Waals surface area (Å²) in [5, 5.41) is 2.67. The third-order valence-corrected chi connectivity index (χ3v) is 3.96. The Morgan fingerprint density at radius 1 is 1.32 bits per heavy atom. The standard InChI is InChI=1S/C17H16FN3O4/c1-25-14-9-20-12(8-13(14)22)17(24)21-6-5-19-16(23)15(21)10-3-2-4-11(18)7-10/h2-4,7-9,15H,5-6H2,1H3,(H,19,23)(H,20,22). The van der Waals surface area contributed by atoms with Crippen molar-refractivity contribution in [2.45, 2.75) is 6.04 Å². The average Bonchev–Trinajstić information content (AvgIpc) is 2.60. The first kappa shape index (κ1) is 16.7. The lowest BCUT2D eigenvalue weighted by Crippen LogP contribution is -2.52. The average molecular weight is 345 g/mol. The number of nitrogens with zero attached hydrogens (tertiary/aromatic N) is 1. The number of carbonyl (C=O) groups excluding carboxylic acids is 2. The van der Waals surface area contributed by atoms with Crippen LogP contribution in [0.4, 0.5) is 4.39 Å². The molecule has 0 spiro atoms. The maximum absolute atomic E-state index is 13.5. The van der Waals surface area contributed by atoms with Crippen molar-refractivity contribution in [2.24, 2.45) is 0 Å². The molecule has 8 heteroatoms. The highest BCUT2D eigenvalue weighted by Crippen LogP contribution is 2.25. The highest BCUT2D eigenvalue weighted by atomic mass is 19.1. The Balaban J connectivity index is 1.97. The van der Waals surface area contributed by atoms with Crippen molar-refractivity contribution >= 4 is 11.8 Å². The van der Waals surface area contributed by atoms with Crippen molar-refractivity contribution in [1.82, 2.24) is 15.2 Å². The van der Waals surface area contributed by atoms with Gasteiger partial charge in [0, 0.05) is 25.4 Å². The van der Waals surface area contributed by atoms with Crippen LogP contribution < -0.4 is 15.5 Å². The van der Waals surface area contributed by atoms with Crippen LogP contribution in [0, 0.1) is 5.82 Å². The number of amides is 2. The predicted molar refractivity (Wildman–Crippen MR) is 86.8 cm³/mol. The van der Waals surface area contributed by atoms with Crippen molar-refractivity contribution in [1.29, 1.82) is 0 Å². The van der Waals surface area contributed by atoms with Gasteiger partial charge in [0.25, 0.3) is 5.91 Å². The molecule has 2 heterocycles. The second-order valence-corrected chi connectivity index (χ2v) is 5.53. The van der Waals surface area contributed by atoms with E-state index in [4.69, 9.17) is 4.74 Å². The molecule has 1 aliphatic rings. The Kier molecular flexibility index (Phi) is 4.51. The maximum Gasteiger partial charge on any atom is 0.271 e. The molecular weight excluding hydrogens is 329 g/mol. The Hall–Kier alpha value is -3.16. The number of benzene rings is 1. The first-order valence-electron chi connectivity index (χ1n) is 7.62. The van der Waals surface area contributed by atoms with Crippen LogP contribution in [-0.4, -0.2) is 41.9 Å². The molecular formula is C17H16FN3O4. The summed E-state index contributed by atoms with van der Waals surface area (Å²) in [5.41, 5.74) is -0.0586. The third-order valence-electron chi connectivity index (χ3n) is 3.96. The molecule has 7 nitrogen and oxygen atoms in total. The zero-order valence-electron chi connectivity index (χ0n) is 13.4. The van der Waals surface area contributed by atoms with Crippen molar-refractivity contribution in [3.8, 4) is 5.75 Å². The summed E-state index contributed by atoms with van der Waals surface area (Å²) in [7, 11) is 1.35. The third kappa shape index (κ3) is 3.23. The van der Waals surface area contributed by atoms with Gasteiger partial charge in [0.1, 0.15) is 17.6 Å². The number of hydrogen-bond donors (Lipinski definition) is 2. The Morgan fingerprint density at radius 2 is 2.12 bits per heavy atom. The van der Waals surface area contributed by atoms with Gasteiger partial charge in [-0.15, -0.1) is 0 Å². The number of carbonyl (C=O) groups is 2. The molecule has 0 bridgehead atoms. The van der Waals surface area contributed by atoms with Crippen molar-refractivity contribution in [3.05, 3.63) is 63.8 Å². The predicted octanol–water partition coefficient (Wildman–Crippen LogP) is 0.836. The van der Waals surface area contributed by atoms with Gasteiger partial charge in [0.15, 0.2) is 5.75 Å². The van der Waals surface area contributed by atoms with Crippen LogP contribution >= 0.6 is 0 Å². The monoisotopic (exact) mass is 345 g/mol. The molecule has 1 unspecified atom stereocenters. The van der Waals surface area contributed by atoms with Crippen molar-refractivity contribution in [3.63, 3.8) is 0 Å². The second-order valence-electron chi connectivity index (χ2n) is 5.53. The number of rotatable bonds is 3. The van der Waals surface area contributed by atoms with Gasteiger partial charge in [0.05, 0.1) is 7.11 Å². The number of hydrogen-bond acceptors (Lipinski definition) is 4. The van der Waals surface area contributed by atoms with Crippen LogP contribution in [-0.2, 0) is 4.79 Å². The van der Waals surface area contributed by atoms with Gasteiger partial charge < -0.3 is 19.9 Å². The fourth-order valence-corrected chi connectivity index (χ4v) is 2.79. The minimum absolute atomic E-state index is 0.0295. The quantitative estimate of drug-likeness (QED) is 0.862. The van der Waals surface area contributed by atoms with E-state index >= 15 is 0 Å². The molecule has 1 aromatic heterocycles. The minimum Gasteiger partial charge on any atom is -0.491 e. The molecule has 1 saturated heterocycles. The highest BCUT2D eigenvalue weighted by Gasteiger charge is 2.35. The van der Waals surface area contributed by atoms with Gasteiger partial charge in [-0.1, -0.05) is 12.1 Å². The van der Waals surface area contributed by atoms with E-state index in [-0.39, 0.29) is 24.5 Å². The van der Waals surface area contributed by atoms with E-state index in [1.807, 2.05) is 0 Å². The number of aromatic amines is 1. The summed E-state index contributed by atoms with van der Waals surface area (Å²) >= 11 is 0. The van der Waals surface area contributed by atoms with E-state index in [0.29, 0.717) is 5.56 Å². The van der Waals surface area contributed by atoms with Crippen LogP contribution in [0.2, 0.25) is 0 Å². The van der Waals surface area contributed by atoms with Gasteiger partial charge in [-0.2, -0.15) is 0 Å². The molecule has 2 aromatic rings. The Bertz CT molecular complexity index is 880. The number of aromatic nitrogens is 1. The van der Waals surface area contributed by atoms with Gasteiger partial charge in [-0.05, 0) is 17.7 Å². The number of piperazine rings is 1. The van der Waals surface area contributed by atoms with E-state index in [9.17, 15) is 18.8 Å². The molecule has 1 atom stereocenters. The number of nitrogens with one attached hydrogen (secondary N) is 2. The smallest absolute Gasteiger partial charge is 0.271 e. The van der Waals surface area contributed by atoms with Gasteiger partial charge in [0.2, 0.25) is 11.3 Å². The fraction of sp³-hybridized carbons (Fsp3) is 0.235. The summed E-state index contributed by atoms with van der Waals surface area (Å²) in [5.74, 6) is -1.35. The van der Waals surface area contributed by atoms with Gasteiger partial charge in [-0.3, -0.25) is 14.4 Å². The first-order valence-corrected chi connectivity index (χ1v) is 7.62. The van der Waals surface area contributed by atoms with Crippen LogP contribution in [0.5, 0.6) is 5.75 Å². The molecule has 0 saturated carbocycles. The molecule has 3 rings (SSSR count). The zero-order valence-corrected chi connectivity index (χ0v) is 13.4. The van der Waals surface area contributed by atoms with Gasteiger partial charge >= 0.3 is 0 Å². The highest BCUT2D eigenvalue weighted by molar-refractivity contribution is 5.97. The molecule has 0 aliphatic carbocycles. The summed E-state index contributed by atoms with van der Waals surface area (Å²) in [6, 6.07) is 5.68. The largest absolute Gasteiger partial charge is 0.491 e. The summed E-state index contributed by atoms with van der Waals surface area (Å²) in [6.07, 6.45) is 1.29. The SMILES string of the molecule is COc1c[nH]c(C(=O)N2CCNC(=O)C2c2cccc(F)c2)cc1=O. The van der Waals surface area contributed by atoms with E-state index in [2.05, 4.69) is 10.3 Å². The van der Waals surface area contributed by atoms with Crippen molar-refractivity contribution < 1.29 is 18.7 Å². The van der Waals surface area contributed by atoms with E-state index in [1.54, 1.807) is 6.07 Å². The Labute approximate surface area is 142 Å². The zero-order chi connectivity index (χ0) is 18.0. The van der Waals surface area contributed by atoms with E-state index in [0.717, 1.165) is 6.07 Å². The molecule has 0 radical (unpaired) electrons. The minimum atomic E-state index is -0.970. The molecule has 25 heavy (non-hydrogen) atoms. The molecule has 130 valence electrons. The fourth-order valence-electron chi connectivity index (χ4n) is 2.79. The molecule has 2 N–H and O–H groups in total. The second kappa shape index (κ2) is 6.76. The topological polar surface area (TPSA) is 91.5 Å². The normalized spacial score (nSPS) is 17.1. The van der Waals surface area contributed by atoms with Crippen LogP contribution in [0.1, 0.15) is 22.1 Å². The summed E-state index contributed by atoms with van der Waals surface area (Å²) < 4.78 is 18.4. The lowest BCUT2D eigenvalue weighted by molar-refractivity contribution is -0.128. The number of methoxy groups -OCH3 is 1. The van der Waals surface area contributed by atoms with Crippen LogP contribution in [0.3, 0.4) is 0 Å². The maximum atomic E-state index is 13.5. The molecule has 2 amide bonds. The number of H-pyrrole nitrogens is 1. The molecule has 1 aliphatic heterocycles. The van der Waals surface area contributed by atoms with Crippen LogP contribution in [0.25, 0.3) is 0 Å². The number of halogens is 1. The lowest BCUT2D eigenvalue weighted by Gasteiger charge is -2.35. The summed E-state index contributed by atoms with van der Waals surface area (Å²) in [6.45, 7) is 0.511. The first-order chi connectivity index (χ1) is 12.0. The number of pyridine rings is 1. The van der Waals surface area contributed by atoms with Gasteiger partial charge in [-0.25, -0.2) is 4.39 Å². The lowest BCUT2D eigenvalue weighted by atomic mass is 10.0. The van der Waals surface area contributed by atoms with E-state index in [1.165, 1.54) is 36.4 Å². The number of ether oxygens (including phenoxy) is 1. The van der Waals surface area contributed by atoms with E-state index < -0.39 is 29.1 Å². The van der Waals surface area contributed by atoms with Crippen molar-refractivity contribution in [2.75, 3.05) is 20.2 Å². The molecule has 1 aromatic carbocycles. The summed E-state index contributed by atoms with van der Waals surface area (Å²) in [4.78, 5) is 41.0. The van der Waals surface area contributed by atoms with Crippen LogP contribution in [0.15, 0.2) is 41.3 Å². The molecule has 1 fully saturated rings. The Morgan fingerprint density at radius 3 is 2.80 bits per heavy atom.